The Morgan fingerprint density at radius 3 is 2.36 bits per heavy atom. The first-order valence-electron chi connectivity index (χ1n) is 9.25. The average Bonchev–Trinajstić information content (AvgIpc) is 2.60. The molecule has 0 spiro atoms. The summed E-state index contributed by atoms with van der Waals surface area (Å²) >= 11 is 0. The zero-order valence-corrected chi connectivity index (χ0v) is 16.8. The third-order valence-electron chi connectivity index (χ3n) is 5.02. The molecule has 1 aromatic carbocycles. The quantitative estimate of drug-likeness (QED) is 0.617. The van der Waals surface area contributed by atoms with Gasteiger partial charge >= 0.3 is 6.03 Å². The van der Waals surface area contributed by atoms with Crippen molar-refractivity contribution in [1.29, 1.82) is 0 Å². The van der Waals surface area contributed by atoms with Crippen molar-refractivity contribution in [3.8, 4) is 5.75 Å². The highest BCUT2D eigenvalue weighted by atomic mass is 16.5. The monoisotopic (exact) mass is 383 g/mol. The SMILES string of the molecule is CCCN1c2cc(OC)c(C=C3C(=O)NC(=O)NC3=O)cc2C(C)=CC1(C)C. The minimum Gasteiger partial charge on any atom is -0.496 e. The number of nitrogens with zero attached hydrogens (tertiary/aromatic N) is 1. The summed E-state index contributed by atoms with van der Waals surface area (Å²) < 4.78 is 5.55. The molecular formula is C21H25N3O4. The number of amides is 4. The van der Waals surface area contributed by atoms with Gasteiger partial charge in [0.2, 0.25) is 0 Å². The average molecular weight is 383 g/mol. The number of carbonyl (C=O) groups is 3. The number of ether oxygens (including phenoxy) is 1. The van der Waals surface area contributed by atoms with Gasteiger partial charge in [-0.15, -0.1) is 0 Å². The van der Waals surface area contributed by atoms with Crippen molar-refractivity contribution in [2.24, 2.45) is 0 Å². The van der Waals surface area contributed by atoms with Crippen LogP contribution in [0.15, 0.2) is 23.8 Å². The second kappa shape index (κ2) is 7.14. The van der Waals surface area contributed by atoms with Crippen molar-refractivity contribution < 1.29 is 19.1 Å². The Balaban J connectivity index is 2.15. The number of anilines is 1. The van der Waals surface area contributed by atoms with Crippen LogP contribution in [0.25, 0.3) is 11.6 Å². The summed E-state index contributed by atoms with van der Waals surface area (Å²) in [6, 6.07) is 3.04. The molecule has 1 fully saturated rings. The van der Waals surface area contributed by atoms with E-state index in [1.54, 1.807) is 7.11 Å². The molecule has 4 amide bonds. The lowest BCUT2D eigenvalue weighted by Crippen LogP contribution is -2.51. The van der Waals surface area contributed by atoms with Gasteiger partial charge < -0.3 is 9.64 Å². The Bertz CT molecular complexity index is 906. The lowest BCUT2D eigenvalue weighted by molar-refractivity contribution is -0.123. The third kappa shape index (κ3) is 3.40. The van der Waals surface area contributed by atoms with Gasteiger partial charge in [0.1, 0.15) is 11.3 Å². The Morgan fingerprint density at radius 2 is 1.79 bits per heavy atom. The number of urea groups is 1. The second-order valence-corrected chi connectivity index (χ2v) is 7.54. The summed E-state index contributed by atoms with van der Waals surface area (Å²) in [5.74, 6) is -0.903. The van der Waals surface area contributed by atoms with Crippen LogP contribution in [0.4, 0.5) is 10.5 Å². The molecule has 2 N–H and O–H groups in total. The summed E-state index contributed by atoms with van der Waals surface area (Å²) in [5.41, 5.74) is 3.51. The standard InChI is InChI=1S/C21H25N3O4/c1-6-7-24-16-10-17(28-5)13(8-14(16)12(2)11-21(24,3)4)9-15-18(25)22-20(27)23-19(15)26/h8-11H,6-7H2,1-5H3,(H2,22,23,25,26,27). The summed E-state index contributed by atoms with van der Waals surface area (Å²) in [4.78, 5) is 37.7. The van der Waals surface area contributed by atoms with Crippen molar-refractivity contribution in [2.75, 3.05) is 18.6 Å². The Hall–Kier alpha value is -3.09. The van der Waals surface area contributed by atoms with Crippen molar-refractivity contribution in [2.45, 2.75) is 39.7 Å². The molecule has 0 unspecified atom stereocenters. The van der Waals surface area contributed by atoms with E-state index < -0.39 is 17.8 Å². The van der Waals surface area contributed by atoms with Crippen molar-refractivity contribution in [1.82, 2.24) is 10.6 Å². The molecule has 0 atom stereocenters. The molecule has 28 heavy (non-hydrogen) atoms. The Labute approximate surface area is 164 Å². The highest BCUT2D eigenvalue weighted by Gasteiger charge is 2.32. The number of nitrogens with one attached hydrogen (secondary N) is 2. The molecule has 2 heterocycles. The summed E-state index contributed by atoms with van der Waals surface area (Å²) in [6.07, 6.45) is 4.67. The maximum absolute atomic E-state index is 12.1. The number of imide groups is 2. The fraction of sp³-hybridized carbons (Fsp3) is 0.381. The van der Waals surface area contributed by atoms with E-state index >= 15 is 0 Å². The van der Waals surface area contributed by atoms with Gasteiger partial charge in [0.25, 0.3) is 11.8 Å². The van der Waals surface area contributed by atoms with Gasteiger partial charge in [-0.1, -0.05) is 13.0 Å². The van der Waals surface area contributed by atoms with E-state index in [1.807, 2.05) is 19.1 Å². The number of benzene rings is 1. The molecule has 0 saturated carbocycles. The number of allylic oxidation sites excluding steroid dienone is 1. The highest BCUT2D eigenvalue weighted by molar-refractivity contribution is 6.31. The minimum absolute atomic E-state index is 0.137. The third-order valence-corrected chi connectivity index (χ3v) is 5.02. The predicted molar refractivity (Wildman–Crippen MR) is 108 cm³/mol. The smallest absolute Gasteiger partial charge is 0.328 e. The normalized spacial score (nSPS) is 18.2. The molecule has 3 rings (SSSR count). The van der Waals surface area contributed by atoms with Crippen molar-refractivity contribution in [3.05, 3.63) is 34.9 Å². The highest BCUT2D eigenvalue weighted by Crippen LogP contribution is 2.42. The molecule has 7 nitrogen and oxygen atoms in total. The number of rotatable bonds is 4. The molecule has 7 heteroatoms. The molecule has 2 aliphatic rings. The minimum atomic E-state index is -0.819. The maximum Gasteiger partial charge on any atom is 0.328 e. The number of methoxy groups -OCH3 is 1. The van der Waals surface area contributed by atoms with Crippen LogP contribution in [-0.2, 0) is 9.59 Å². The number of fused-ring (bicyclic) bond motifs is 1. The molecule has 1 saturated heterocycles. The zero-order valence-electron chi connectivity index (χ0n) is 16.8. The fourth-order valence-corrected chi connectivity index (χ4v) is 3.80. The molecule has 0 radical (unpaired) electrons. The zero-order chi connectivity index (χ0) is 20.6. The van der Waals surface area contributed by atoms with Crippen LogP contribution in [0.2, 0.25) is 0 Å². The number of carbonyl (C=O) groups excluding carboxylic acids is 3. The van der Waals surface area contributed by atoms with E-state index in [0.29, 0.717) is 11.3 Å². The van der Waals surface area contributed by atoms with Gasteiger partial charge in [0.05, 0.1) is 12.6 Å². The molecule has 0 aliphatic carbocycles. The van der Waals surface area contributed by atoms with Gasteiger partial charge in [-0.2, -0.15) is 0 Å². The van der Waals surface area contributed by atoms with Crippen LogP contribution < -0.4 is 20.3 Å². The van der Waals surface area contributed by atoms with Crippen LogP contribution in [-0.4, -0.2) is 37.0 Å². The van der Waals surface area contributed by atoms with Crippen molar-refractivity contribution >= 4 is 35.2 Å². The van der Waals surface area contributed by atoms with Crippen LogP contribution in [0.1, 0.15) is 45.2 Å². The number of barbiturate groups is 1. The largest absolute Gasteiger partial charge is 0.496 e. The van der Waals surface area contributed by atoms with Crippen LogP contribution in [0.3, 0.4) is 0 Å². The van der Waals surface area contributed by atoms with E-state index in [4.69, 9.17) is 4.74 Å². The first-order chi connectivity index (χ1) is 13.2. The van der Waals surface area contributed by atoms with Gasteiger partial charge in [-0.3, -0.25) is 20.2 Å². The lowest BCUT2D eigenvalue weighted by atomic mass is 9.87. The van der Waals surface area contributed by atoms with Crippen molar-refractivity contribution in [3.63, 3.8) is 0 Å². The first kappa shape index (κ1) is 19.7. The van der Waals surface area contributed by atoms with Gasteiger partial charge in [0, 0.05) is 29.4 Å². The summed E-state index contributed by atoms with van der Waals surface area (Å²) in [7, 11) is 1.55. The maximum atomic E-state index is 12.1. The van der Waals surface area contributed by atoms with Gasteiger partial charge in [0.15, 0.2) is 0 Å². The van der Waals surface area contributed by atoms with Crippen LogP contribution in [0.5, 0.6) is 5.75 Å². The molecule has 148 valence electrons. The van der Waals surface area contributed by atoms with E-state index in [2.05, 4.69) is 42.4 Å². The second-order valence-electron chi connectivity index (χ2n) is 7.54. The molecule has 0 aromatic heterocycles. The lowest BCUT2D eigenvalue weighted by Gasteiger charge is -2.43. The van der Waals surface area contributed by atoms with E-state index in [1.165, 1.54) is 6.08 Å². The van der Waals surface area contributed by atoms with Gasteiger partial charge in [-0.05, 0) is 44.9 Å². The van der Waals surface area contributed by atoms with E-state index in [0.717, 1.165) is 29.8 Å². The molecular weight excluding hydrogens is 358 g/mol. The molecule has 0 bridgehead atoms. The van der Waals surface area contributed by atoms with Gasteiger partial charge in [-0.25, -0.2) is 4.79 Å². The molecule has 1 aromatic rings. The first-order valence-corrected chi connectivity index (χ1v) is 9.25. The number of hydrogen-bond donors (Lipinski definition) is 2. The fourth-order valence-electron chi connectivity index (χ4n) is 3.80. The summed E-state index contributed by atoms with van der Waals surface area (Å²) in [6.45, 7) is 9.42. The van der Waals surface area contributed by atoms with E-state index in [-0.39, 0.29) is 11.1 Å². The predicted octanol–water partition coefficient (Wildman–Crippen LogP) is 2.86. The molecule has 2 aliphatic heterocycles. The van der Waals surface area contributed by atoms with Crippen LogP contribution in [0, 0.1) is 0 Å². The van der Waals surface area contributed by atoms with Crippen LogP contribution >= 0.6 is 0 Å². The topological polar surface area (TPSA) is 87.7 Å². The Kier molecular flexibility index (Phi) is 5.02. The number of hydrogen-bond acceptors (Lipinski definition) is 5. The van der Waals surface area contributed by atoms with E-state index in [9.17, 15) is 14.4 Å². The Morgan fingerprint density at radius 1 is 1.14 bits per heavy atom. The summed E-state index contributed by atoms with van der Waals surface area (Å²) in [5, 5.41) is 4.17.